The highest BCUT2D eigenvalue weighted by Gasteiger charge is 2.09. The molecule has 1 aromatic heterocycles. The van der Waals surface area contributed by atoms with Crippen LogP contribution in [0.2, 0.25) is 0 Å². The Bertz CT molecular complexity index is 629. The first kappa shape index (κ1) is 13.8. The van der Waals surface area contributed by atoms with Gasteiger partial charge in [-0.15, -0.1) is 0 Å². The summed E-state index contributed by atoms with van der Waals surface area (Å²) >= 11 is 0. The van der Waals surface area contributed by atoms with E-state index in [1.54, 1.807) is 7.11 Å². The average molecular weight is 273 g/mol. The number of nitrogens with zero attached hydrogens (tertiary/aromatic N) is 2. The van der Waals surface area contributed by atoms with Gasteiger partial charge < -0.3 is 14.8 Å². The van der Waals surface area contributed by atoms with Gasteiger partial charge in [-0.2, -0.15) is 0 Å². The molecular weight excluding hydrogens is 258 g/mol. The minimum Gasteiger partial charge on any atom is -0.497 e. The fraction of sp³-hybridized carbons (Fsp3) is 0.214. The Morgan fingerprint density at radius 2 is 2.05 bits per heavy atom. The lowest BCUT2D eigenvalue weighted by Crippen LogP contribution is -2.07. The molecule has 0 aliphatic carbocycles. The molecule has 6 nitrogen and oxygen atoms in total. The molecule has 0 atom stereocenters. The summed E-state index contributed by atoms with van der Waals surface area (Å²) in [5.41, 5.74) is 2.01. The van der Waals surface area contributed by atoms with E-state index in [9.17, 15) is 4.79 Å². The third kappa shape index (κ3) is 3.03. The molecule has 0 radical (unpaired) electrons. The first-order chi connectivity index (χ1) is 9.63. The number of hydrogen-bond donors (Lipinski definition) is 1. The zero-order valence-corrected chi connectivity index (χ0v) is 11.5. The van der Waals surface area contributed by atoms with Crippen LogP contribution in [0.5, 0.6) is 5.75 Å². The molecule has 2 rings (SSSR count). The number of aryl methyl sites for hydroxylation is 1. The van der Waals surface area contributed by atoms with Crippen molar-refractivity contribution in [3.05, 3.63) is 41.9 Å². The summed E-state index contributed by atoms with van der Waals surface area (Å²) in [5, 5.41) is 3.11. The van der Waals surface area contributed by atoms with E-state index in [4.69, 9.17) is 4.74 Å². The normalized spacial score (nSPS) is 9.95. The number of hydrogen-bond acceptors (Lipinski definition) is 6. The lowest BCUT2D eigenvalue weighted by atomic mass is 10.2. The molecule has 0 saturated carbocycles. The van der Waals surface area contributed by atoms with Crippen molar-refractivity contribution < 1.29 is 14.3 Å². The number of carbonyl (C=O) groups excluding carboxylic acids is 1. The van der Waals surface area contributed by atoms with Gasteiger partial charge >= 0.3 is 5.97 Å². The second-order valence-corrected chi connectivity index (χ2v) is 4.09. The Morgan fingerprint density at radius 1 is 1.25 bits per heavy atom. The highest BCUT2D eigenvalue weighted by Crippen LogP contribution is 2.23. The smallest absolute Gasteiger partial charge is 0.358 e. The van der Waals surface area contributed by atoms with E-state index in [1.807, 2.05) is 25.1 Å². The van der Waals surface area contributed by atoms with E-state index >= 15 is 0 Å². The van der Waals surface area contributed by atoms with E-state index in [0.29, 0.717) is 5.82 Å². The monoisotopic (exact) mass is 273 g/mol. The molecule has 1 N–H and O–H groups in total. The SMILES string of the molecule is COC(=O)c1cncc(Nc2ccc(OC)cc2C)n1. The van der Waals surface area contributed by atoms with Crippen LogP contribution in [-0.4, -0.2) is 30.2 Å². The van der Waals surface area contributed by atoms with Gasteiger partial charge in [0, 0.05) is 5.69 Å². The molecule has 0 unspecified atom stereocenters. The topological polar surface area (TPSA) is 73.3 Å². The highest BCUT2D eigenvalue weighted by molar-refractivity contribution is 5.87. The first-order valence-electron chi connectivity index (χ1n) is 5.96. The molecule has 0 bridgehead atoms. The van der Waals surface area contributed by atoms with Gasteiger partial charge in [-0.1, -0.05) is 0 Å². The Balaban J connectivity index is 2.24. The Hall–Kier alpha value is -2.63. The molecule has 6 heteroatoms. The van der Waals surface area contributed by atoms with Gasteiger partial charge in [-0.3, -0.25) is 4.98 Å². The summed E-state index contributed by atoms with van der Waals surface area (Å²) in [4.78, 5) is 19.5. The lowest BCUT2D eigenvalue weighted by Gasteiger charge is -2.10. The molecule has 20 heavy (non-hydrogen) atoms. The zero-order chi connectivity index (χ0) is 14.5. The number of aromatic nitrogens is 2. The lowest BCUT2D eigenvalue weighted by molar-refractivity contribution is 0.0593. The number of anilines is 2. The van der Waals surface area contributed by atoms with Crippen molar-refractivity contribution in [1.29, 1.82) is 0 Å². The average Bonchev–Trinajstić information content (AvgIpc) is 2.48. The van der Waals surface area contributed by atoms with Gasteiger partial charge in [0.1, 0.15) is 11.6 Å². The quantitative estimate of drug-likeness (QED) is 0.862. The predicted octanol–water partition coefficient (Wildman–Crippen LogP) is 2.32. The molecule has 104 valence electrons. The van der Waals surface area contributed by atoms with Crippen molar-refractivity contribution >= 4 is 17.5 Å². The van der Waals surface area contributed by atoms with E-state index in [2.05, 4.69) is 20.0 Å². The van der Waals surface area contributed by atoms with Crippen molar-refractivity contribution in [1.82, 2.24) is 9.97 Å². The Kier molecular flexibility index (Phi) is 4.14. The minimum absolute atomic E-state index is 0.156. The Labute approximate surface area is 116 Å². The molecule has 0 amide bonds. The molecular formula is C14H15N3O3. The van der Waals surface area contributed by atoms with Gasteiger partial charge in [-0.05, 0) is 30.7 Å². The first-order valence-corrected chi connectivity index (χ1v) is 5.96. The summed E-state index contributed by atoms with van der Waals surface area (Å²) < 4.78 is 9.76. The number of benzene rings is 1. The molecule has 1 aromatic carbocycles. The maximum Gasteiger partial charge on any atom is 0.358 e. The van der Waals surface area contributed by atoms with Gasteiger partial charge in [0.15, 0.2) is 5.69 Å². The summed E-state index contributed by atoms with van der Waals surface area (Å²) in [6.45, 7) is 1.95. The molecule has 2 aromatic rings. The number of ether oxygens (including phenoxy) is 2. The maximum atomic E-state index is 11.4. The summed E-state index contributed by atoms with van der Waals surface area (Å²) in [7, 11) is 2.92. The zero-order valence-electron chi connectivity index (χ0n) is 11.5. The van der Waals surface area contributed by atoms with Crippen molar-refractivity contribution in [2.75, 3.05) is 19.5 Å². The summed E-state index contributed by atoms with van der Waals surface area (Å²) in [5.74, 6) is 0.733. The number of carbonyl (C=O) groups is 1. The molecule has 0 saturated heterocycles. The third-order valence-corrected chi connectivity index (χ3v) is 2.73. The van der Waals surface area contributed by atoms with Crippen LogP contribution in [0, 0.1) is 6.92 Å². The van der Waals surface area contributed by atoms with Crippen molar-refractivity contribution in [2.45, 2.75) is 6.92 Å². The fourth-order valence-corrected chi connectivity index (χ4v) is 1.67. The van der Waals surface area contributed by atoms with E-state index < -0.39 is 5.97 Å². The van der Waals surface area contributed by atoms with Crippen LogP contribution in [0.25, 0.3) is 0 Å². The van der Waals surface area contributed by atoms with Crippen LogP contribution in [0.1, 0.15) is 16.1 Å². The standard InChI is InChI=1S/C14H15N3O3/c1-9-6-10(19-2)4-5-11(9)16-13-8-15-7-12(17-13)14(18)20-3/h4-8H,1-3H3,(H,16,17). The molecule has 1 heterocycles. The predicted molar refractivity (Wildman–Crippen MR) is 74.4 cm³/mol. The highest BCUT2D eigenvalue weighted by atomic mass is 16.5. The molecule has 0 aliphatic heterocycles. The van der Waals surface area contributed by atoms with Crippen LogP contribution in [0.3, 0.4) is 0 Å². The van der Waals surface area contributed by atoms with Gasteiger partial charge in [0.2, 0.25) is 0 Å². The number of nitrogens with one attached hydrogen (secondary N) is 1. The van der Waals surface area contributed by atoms with Crippen LogP contribution >= 0.6 is 0 Å². The van der Waals surface area contributed by atoms with E-state index in [1.165, 1.54) is 19.5 Å². The van der Waals surface area contributed by atoms with Gasteiger partial charge in [-0.25, -0.2) is 9.78 Å². The Morgan fingerprint density at radius 3 is 2.70 bits per heavy atom. The van der Waals surface area contributed by atoms with Crippen LogP contribution in [-0.2, 0) is 4.74 Å². The van der Waals surface area contributed by atoms with E-state index in [-0.39, 0.29) is 5.69 Å². The summed E-state index contributed by atoms with van der Waals surface area (Å²) in [6.07, 6.45) is 2.90. The van der Waals surface area contributed by atoms with E-state index in [0.717, 1.165) is 17.0 Å². The minimum atomic E-state index is -0.521. The van der Waals surface area contributed by atoms with Gasteiger partial charge in [0.05, 0.1) is 26.6 Å². The van der Waals surface area contributed by atoms with Crippen LogP contribution in [0.4, 0.5) is 11.5 Å². The fourth-order valence-electron chi connectivity index (χ4n) is 1.67. The number of esters is 1. The van der Waals surface area contributed by atoms with Crippen molar-refractivity contribution in [2.24, 2.45) is 0 Å². The van der Waals surface area contributed by atoms with Crippen molar-refractivity contribution in [3.8, 4) is 5.75 Å². The van der Waals surface area contributed by atoms with Crippen LogP contribution in [0.15, 0.2) is 30.6 Å². The molecule has 0 spiro atoms. The second kappa shape index (κ2) is 6.01. The molecule has 0 aliphatic rings. The third-order valence-electron chi connectivity index (χ3n) is 2.73. The maximum absolute atomic E-state index is 11.4. The number of rotatable bonds is 4. The largest absolute Gasteiger partial charge is 0.497 e. The van der Waals surface area contributed by atoms with Gasteiger partial charge in [0.25, 0.3) is 0 Å². The molecule has 0 fully saturated rings. The van der Waals surface area contributed by atoms with Crippen molar-refractivity contribution in [3.63, 3.8) is 0 Å². The second-order valence-electron chi connectivity index (χ2n) is 4.09. The number of methoxy groups -OCH3 is 2. The summed E-state index contributed by atoms with van der Waals surface area (Å²) in [6, 6.07) is 5.62. The van der Waals surface area contributed by atoms with Crippen LogP contribution < -0.4 is 10.1 Å².